The summed E-state index contributed by atoms with van der Waals surface area (Å²) < 4.78 is 0. The number of piperidine rings is 1. The van der Waals surface area contributed by atoms with Crippen molar-refractivity contribution in [2.45, 2.75) is 57.4 Å². The van der Waals surface area contributed by atoms with Gasteiger partial charge in [-0.3, -0.25) is 14.5 Å². The molecule has 0 radical (unpaired) electrons. The summed E-state index contributed by atoms with van der Waals surface area (Å²) in [6.07, 6.45) is 5.62. The molecule has 2 heterocycles. The highest BCUT2D eigenvalue weighted by atomic mass is 16.2. The average Bonchev–Trinajstić information content (AvgIpc) is 3.11. The van der Waals surface area contributed by atoms with Crippen LogP contribution in [0.15, 0.2) is 0 Å². The molecule has 0 atom stereocenters. The summed E-state index contributed by atoms with van der Waals surface area (Å²) in [4.78, 5) is 37.9. The van der Waals surface area contributed by atoms with Crippen molar-refractivity contribution in [1.82, 2.24) is 20.9 Å². The van der Waals surface area contributed by atoms with E-state index in [1.54, 1.807) is 0 Å². The van der Waals surface area contributed by atoms with Crippen LogP contribution in [0.3, 0.4) is 0 Å². The summed E-state index contributed by atoms with van der Waals surface area (Å²) in [6.45, 7) is 4.97. The number of hydrogen-bond acceptors (Lipinski definition) is 4. The molecule has 4 amide bonds. The first kappa shape index (κ1) is 17.2. The second-order valence-electron chi connectivity index (χ2n) is 7.76. The lowest BCUT2D eigenvalue weighted by Crippen LogP contribution is -2.45. The van der Waals surface area contributed by atoms with E-state index in [-0.39, 0.29) is 36.2 Å². The Morgan fingerprint density at radius 1 is 1.17 bits per heavy atom. The predicted octanol–water partition coefficient (Wildman–Crippen LogP) is 0.747. The standard InChI is InChI=1S/C17H28N4O3/c1-16(7-9-18-10-8-16)12-19-13(22)4-11-21-14(23)17(20-15(21)24)5-2-3-6-17/h18H,2-12H2,1H3,(H,19,22)(H,20,24). The van der Waals surface area contributed by atoms with Gasteiger partial charge in [0.2, 0.25) is 5.91 Å². The molecule has 134 valence electrons. The quantitative estimate of drug-likeness (QED) is 0.646. The fourth-order valence-corrected chi connectivity index (χ4v) is 4.02. The summed E-state index contributed by atoms with van der Waals surface area (Å²) in [6, 6.07) is -0.347. The molecule has 0 aromatic heterocycles. The maximum Gasteiger partial charge on any atom is 0.325 e. The van der Waals surface area contributed by atoms with Crippen LogP contribution in [0.25, 0.3) is 0 Å². The first-order valence-electron chi connectivity index (χ1n) is 9.06. The van der Waals surface area contributed by atoms with Gasteiger partial charge in [-0.25, -0.2) is 4.79 Å². The Hall–Kier alpha value is -1.63. The van der Waals surface area contributed by atoms with Crippen molar-refractivity contribution < 1.29 is 14.4 Å². The molecule has 0 bridgehead atoms. The lowest BCUT2D eigenvalue weighted by molar-refractivity contribution is -0.131. The topological polar surface area (TPSA) is 90.5 Å². The third kappa shape index (κ3) is 3.41. The van der Waals surface area contributed by atoms with Crippen LogP contribution in [-0.2, 0) is 9.59 Å². The van der Waals surface area contributed by atoms with Crippen molar-refractivity contribution in [3.8, 4) is 0 Å². The van der Waals surface area contributed by atoms with Gasteiger partial charge >= 0.3 is 6.03 Å². The number of hydrogen-bond donors (Lipinski definition) is 3. The third-order valence-corrected chi connectivity index (χ3v) is 5.79. The van der Waals surface area contributed by atoms with Gasteiger partial charge in [-0.05, 0) is 44.2 Å². The summed E-state index contributed by atoms with van der Waals surface area (Å²) in [5.41, 5.74) is -0.550. The second kappa shape index (κ2) is 6.70. The van der Waals surface area contributed by atoms with Gasteiger partial charge in [-0.15, -0.1) is 0 Å². The molecule has 1 saturated carbocycles. The summed E-state index contributed by atoms with van der Waals surface area (Å²) in [5.74, 6) is -0.245. The SMILES string of the molecule is CC1(CNC(=O)CCN2C(=O)NC3(CCCC3)C2=O)CCNCC1. The van der Waals surface area contributed by atoms with Crippen molar-refractivity contribution in [3.05, 3.63) is 0 Å². The summed E-state index contributed by atoms with van der Waals surface area (Å²) in [5, 5.41) is 9.13. The molecule has 7 heteroatoms. The highest BCUT2D eigenvalue weighted by Gasteiger charge is 2.52. The molecule has 24 heavy (non-hydrogen) atoms. The van der Waals surface area contributed by atoms with Crippen molar-refractivity contribution in [2.75, 3.05) is 26.2 Å². The van der Waals surface area contributed by atoms with Gasteiger partial charge in [0.1, 0.15) is 5.54 Å². The minimum Gasteiger partial charge on any atom is -0.355 e. The lowest BCUT2D eigenvalue weighted by atomic mass is 9.81. The number of rotatable bonds is 5. The number of urea groups is 1. The van der Waals surface area contributed by atoms with E-state index in [2.05, 4.69) is 22.9 Å². The van der Waals surface area contributed by atoms with E-state index in [4.69, 9.17) is 0 Å². The zero-order valence-corrected chi connectivity index (χ0v) is 14.5. The van der Waals surface area contributed by atoms with Crippen LogP contribution in [0.4, 0.5) is 4.79 Å². The van der Waals surface area contributed by atoms with Gasteiger partial charge in [0, 0.05) is 19.5 Å². The van der Waals surface area contributed by atoms with Crippen LogP contribution in [0, 0.1) is 5.41 Å². The molecular formula is C17H28N4O3. The number of carbonyl (C=O) groups excluding carboxylic acids is 3. The lowest BCUT2D eigenvalue weighted by Gasteiger charge is -2.34. The fraction of sp³-hybridized carbons (Fsp3) is 0.824. The van der Waals surface area contributed by atoms with Gasteiger partial charge in [-0.2, -0.15) is 0 Å². The number of nitrogens with zero attached hydrogens (tertiary/aromatic N) is 1. The Morgan fingerprint density at radius 2 is 1.83 bits per heavy atom. The highest BCUT2D eigenvalue weighted by Crippen LogP contribution is 2.35. The molecule has 7 nitrogen and oxygen atoms in total. The smallest absolute Gasteiger partial charge is 0.325 e. The Balaban J connectivity index is 1.46. The Labute approximate surface area is 142 Å². The monoisotopic (exact) mass is 336 g/mol. The Kier molecular flexibility index (Phi) is 4.80. The van der Waals surface area contributed by atoms with E-state index >= 15 is 0 Å². The van der Waals surface area contributed by atoms with Crippen LogP contribution in [-0.4, -0.2) is 54.5 Å². The molecule has 0 unspecified atom stereocenters. The zero-order valence-electron chi connectivity index (χ0n) is 14.5. The minimum atomic E-state index is -0.684. The number of imide groups is 1. The van der Waals surface area contributed by atoms with Crippen LogP contribution < -0.4 is 16.0 Å². The van der Waals surface area contributed by atoms with Crippen LogP contribution >= 0.6 is 0 Å². The van der Waals surface area contributed by atoms with Crippen molar-refractivity contribution in [1.29, 1.82) is 0 Å². The van der Waals surface area contributed by atoms with E-state index in [1.807, 2.05) is 0 Å². The molecule has 3 rings (SSSR count). The van der Waals surface area contributed by atoms with Crippen molar-refractivity contribution in [2.24, 2.45) is 5.41 Å². The number of amides is 4. The molecule has 3 N–H and O–H groups in total. The van der Waals surface area contributed by atoms with Crippen LogP contribution in [0.2, 0.25) is 0 Å². The summed E-state index contributed by atoms with van der Waals surface area (Å²) in [7, 11) is 0. The van der Waals surface area contributed by atoms with Gasteiger partial charge in [0.05, 0.1) is 0 Å². The van der Waals surface area contributed by atoms with Crippen LogP contribution in [0.1, 0.15) is 51.9 Å². The van der Waals surface area contributed by atoms with Gasteiger partial charge < -0.3 is 16.0 Å². The molecule has 0 aromatic carbocycles. The van der Waals surface area contributed by atoms with Crippen molar-refractivity contribution >= 4 is 17.8 Å². The van der Waals surface area contributed by atoms with E-state index in [9.17, 15) is 14.4 Å². The second-order valence-corrected chi connectivity index (χ2v) is 7.76. The maximum absolute atomic E-state index is 12.5. The maximum atomic E-state index is 12.5. The fourth-order valence-electron chi connectivity index (χ4n) is 4.02. The highest BCUT2D eigenvalue weighted by molar-refractivity contribution is 6.07. The third-order valence-electron chi connectivity index (χ3n) is 5.79. The predicted molar refractivity (Wildman–Crippen MR) is 89.3 cm³/mol. The van der Waals surface area contributed by atoms with Gasteiger partial charge in [-0.1, -0.05) is 19.8 Å². The Bertz CT molecular complexity index is 522. The van der Waals surface area contributed by atoms with E-state index in [1.165, 1.54) is 4.90 Å². The van der Waals surface area contributed by atoms with Gasteiger partial charge in [0.25, 0.3) is 5.91 Å². The van der Waals surface area contributed by atoms with Gasteiger partial charge in [0.15, 0.2) is 0 Å². The van der Waals surface area contributed by atoms with Crippen molar-refractivity contribution in [3.63, 3.8) is 0 Å². The first-order chi connectivity index (χ1) is 11.4. The molecule has 1 spiro atoms. The largest absolute Gasteiger partial charge is 0.355 e. The molecule has 2 aliphatic heterocycles. The molecule has 3 aliphatic rings. The average molecular weight is 336 g/mol. The Morgan fingerprint density at radius 3 is 2.50 bits per heavy atom. The van der Waals surface area contributed by atoms with E-state index in [0.29, 0.717) is 19.4 Å². The number of nitrogens with one attached hydrogen (secondary N) is 3. The van der Waals surface area contributed by atoms with E-state index < -0.39 is 5.54 Å². The first-order valence-corrected chi connectivity index (χ1v) is 9.06. The molecule has 3 fully saturated rings. The van der Waals surface area contributed by atoms with E-state index in [0.717, 1.165) is 38.8 Å². The molecule has 0 aromatic rings. The number of carbonyl (C=O) groups is 3. The molecular weight excluding hydrogens is 308 g/mol. The molecule has 1 aliphatic carbocycles. The normalized spacial score (nSPS) is 25.1. The molecule has 2 saturated heterocycles. The minimum absolute atomic E-state index is 0.0947. The summed E-state index contributed by atoms with van der Waals surface area (Å²) >= 11 is 0. The van der Waals surface area contributed by atoms with Crippen LogP contribution in [0.5, 0.6) is 0 Å². The zero-order chi connectivity index (χ0) is 17.2.